The van der Waals surface area contributed by atoms with Gasteiger partial charge in [-0.2, -0.15) is 0 Å². The molecule has 62 heavy (non-hydrogen) atoms. The quantitative estimate of drug-likeness (QED) is 0.213. The highest BCUT2D eigenvalue weighted by Crippen LogP contribution is 2.76. The second-order valence-electron chi connectivity index (χ2n) is 24.0. The number of allylic oxidation sites excluding steroid dienone is 1. The summed E-state index contributed by atoms with van der Waals surface area (Å²) < 4.78 is 6.45. The van der Waals surface area contributed by atoms with E-state index in [1.165, 1.54) is 11.1 Å². The molecule has 2 amide bonds. The zero-order valence-corrected chi connectivity index (χ0v) is 40.5. The molecule has 10 heteroatoms. The highest BCUT2D eigenvalue weighted by Gasteiger charge is 2.71. The summed E-state index contributed by atoms with van der Waals surface area (Å²) >= 11 is 6.29. The number of fused-ring (bicyclic) bond motifs is 7. The molecule has 342 valence electrons. The number of hydrogen-bond donors (Lipinski definition) is 2. The number of nitrogens with one attached hydrogen (secondary N) is 1. The number of rotatable bonds is 11. The summed E-state index contributed by atoms with van der Waals surface area (Å²) in [6.45, 7) is 22.4. The van der Waals surface area contributed by atoms with E-state index in [-0.39, 0.29) is 62.8 Å². The van der Waals surface area contributed by atoms with Crippen molar-refractivity contribution in [3.05, 3.63) is 46.0 Å². The number of ketones is 1. The SMILES string of the molecule is CC(C)C1=C2[C@H]3CC[C@@H]4[C@@]5(C)CC[C@H](OC(=O)[C@H]6C[C@@H](C(=O)O)C6(C)C)C(C)(C)[C@@H]5CC[C@@]4(C)[C@]3(C)CC[C@@]2(NC(=O)N(CCN(C)C)CC2(c3ccc(Cl)cc3)CC2)CC1=O. The lowest BCUT2D eigenvalue weighted by atomic mass is 9.33. The number of nitrogens with zero attached hydrogens (tertiary/aromatic N) is 2. The Balaban J connectivity index is 1.05. The molecule has 0 aliphatic heterocycles. The minimum absolute atomic E-state index is 0.0220. The Labute approximate surface area is 376 Å². The third-order valence-corrected chi connectivity index (χ3v) is 20.0. The topological polar surface area (TPSA) is 116 Å². The number of urea groups is 1. The lowest BCUT2D eigenvalue weighted by molar-refractivity contribution is -0.235. The van der Waals surface area contributed by atoms with Gasteiger partial charge in [-0.25, -0.2) is 4.79 Å². The zero-order valence-electron chi connectivity index (χ0n) is 39.7. The van der Waals surface area contributed by atoms with Gasteiger partial charge >= 0.3 is 18.0 Å². The molecule has 0 aromatic heterocycles. The summed E-state index contributed by atoms with van der Waals surface area (Å²) in [5.41, 5.74) is 1.85. The Hall–Kier alpha value is -2.91. The van der Waals surface area contributed by atoms with E-state index in [2.05, 4.69) is 84.9 Å². The number of likely N-dealkylation sites (N-methyl/N-ethyl adjacent to an activating group) is 1. The van der Waals surface area contributed by atoms with Gasteiger partial charge in [0.05, 0.1) is 17.4 Å². The third kappa shape index (κ3) is 6.92. The lowest BCUT2D eigenvalue weighted by Crippen LogP contribution is -2.68. The number of aliphatic carboxylic acids is 1. The minimum atomic E-state index is -0.832. The van der Waals surface area contributed by atoms with Crippen LogP contribution in [0.5, 0.6) is 0 Å². The van der Waals surface area contributed by atoms with Gasteiger partial charge in [-0.3, -0.25) is 14.4 Å². The molecule has 2 N–H and O–H groups in total. The molecule has 0 unspecified atom stereocenters. The monoisotopic (exact) mass is 874 g/mol. The molecule has 10 atom stereocenters. The number of esters is 1. The summed E-state index contributed by atoms with van der Waals surface area (Å²) in [7, 11) is 4.10. The van der Waals surface area contributed by atoms with Crippen LogP contribution in [0.2, 0.25) is 5.02 Å². The highest BCUT2D eigenvalue weighted by molar-refractivity contribution is 6.30. The standard InChI is InChI=1S/C52H76ClN3O6/c1-31(2)41-37(57)29-52(54-45(61)56(27-26-55(10)11)30-51(23-24-51)32-12-14-33(53)15-13-32)25-22-49(8)34(42(41)52)16-17-39-48(7)20-19-40(47(5,6)38(48)18-21-50(39,49)9)62-44(60)36-28-35(43(58)59)46(36,3)4/h12-15,31,34-36,38-40H,16-30H2,1-11H3,(H,54,61)(H,58,59)/t34-,35+,36-,38+,39-,40+,48+,49-,50-,52-/m1/s1. The first-order chi connectivity index (χ1) is 28.9. The molecule has 0 saturated heterocycles. The Morgan fingerprint density at radius 1 is 0.823 bits per heavy atom. The number of Topliss-reactive ketones (excluding diaryl/α,β-unsaturated/α-hetero) is 1. The predicted molar refractivity (Wildman–Crippen MR) is 244 cm³/mol. The number of carbonyl (C=O) groups is 4. The normalized spacial score (nSPS) is 38.6. The van der Waals surface area contributed by atoms with E-state index in [0.717, 1.165) is 76.3 Å². The van der Waals surface area contributed by atoms with Gasteiger partial charge in [0.1, 0.15) is 6.10 Å². The average molecular weight is 875 g/mol. The fourth-order valence-electron chi connectivity index (χ4n) is 15.6. The van der Waals surface area contributed by atoms with Crippen LogP contribution in [0.3, 0.4) is 0 Å². The van der Waals surface area contributed by atoms with E-state index in [0.29, 0.717) is 42.8 Å². The second-order valence-corrected chi connectivity index (χ2v) is 24.4. The third-order valence-electron chi connectivity index (χ3n) is 19.7. The molecule has 7 aliphatic carbocycles. The Bertz CT molecular complexity index is 2020. The molecule has 6 fully saturated rings. The van der Waals surface area contributed by atoms with E-state index in [1.807, 2.05) is 30.9 Å². The van der Waals surface area contributed by atoms with Crippen LogP contribution >= 0.6 is 11.6 Å². The van der Waals surface area contributed by atoms with Crippen molar-refractivity contribution < 1.29 is 29.0 Å². The van der Waals surface area contributed by atoms with Gasteiger partial charge in [0.25, 0.3) is 0 Å². The maximum atomic E-state index is 14.9. The van der Waals surface area contributed by atoms with Gasteiger partial charge in [-0.05, 0) is 159 Å². The molecule has 1 aromatic rings. The average Bonchev–Trinajstić information content (AvgIpc) is 3.89. The molecule has 6 saturated carbocycles. The van der Waals surface area contributed by atoms with E-state index < -0.39 is 28.8 Å². The smallest absolute Gasteiger partial charge is 0.318 e. The van der Waals surface area contributed by atoms with Crippen molar-refractivity contribution in [3.8, 4) is 0 Å². The lowest BCUT2D eigenvalue weighted by Gasteiger charge is -2.72. The number of halogens is 1. The van der Waals surface area contributed by atoms with E-state index in [4.69, 9.17) is 16.3 Å². The van der Waals surface area contributed by atoms with Crippen molar-refractivity contribution in [2.45, 2.75) is 156 Å². The fraction of sp³-hybridized carbons (Fsp3) is 0.769. The summed E-state index contributed by atoms with van der Waals surface area (Å²) in [5, 5.41) is 14.1. The van der Waals surface area contributed by atoms with Crippen molar-refractivity contribution in [2.75, 3.05) is 33.7 Å². The van der Waals surface area contributed by atoms with Crippen LogP contribution in [0.15, 0.2) is 35.4 Å². The molecule has 0 spiro atoms. The molecule has 1 aromatic carbocycles. The maximum Gasteiger partial charge on any atom is 0.318 e. The van der Waals surface area contributed by atoms with Crippen LogP contribution in [0.4, 0.5) is 4.79 Å². The van der Waals surface area contributed by atoms with Crippen molar-refractivity contribution >= 4 is 35.4 Å². The van der Waals surface area contributed by atoms with Crippen LogP contribution in [0.25, 0.3) is 0 Å². The van der Waals surface area contributed by atoms with E-state index >= 15 is 0 Å². The molecular formula is C52H76ClN3O6. The first-order valence-electron chi connectivity index (χ1n) is 24.1. The van der Waals surface area contributed by atoms with E-state index in [9.17, 15) is 24.3 Å². The number of benzene rings is 1. The van der Waals surface area contributed by atoms with Crippen LogP contribution in [0, 0.1) is 62.6 Å². The highest BCUT2D eigenvalue weighted by atomic mass is 35.5. The molecule has 0 bridgehead atoms. The number of carboxylic acids is 1. The summed E-state index contributed by atoms with van der Waals surface area (Å²) in [4.78, 5) is 59.1. The Kier molecular flexibility index (Phi) is 11.3. The molecule has 0 heterocycles. The molecular weight excluding hydrogens is 798 g/mol. The number of carbonyl (C=O) groups excluding carboxylic acids is 3. The molecule has 0 radical (unpaired) electrons. The molecule has 7 aliphatic rings. The molecule has 9 nitrogen and oxygen atoms in total. The number of hydrogen-bond acceptors (Lipinski definition) is 6. The Morgan fingerprint density at radius 3 is 2.10 bits per heavy atom. The van der Waals surface area contributed by atoms with Gasteiger partial charge < -0.3 is 25.0 Å². The number of amides is 2. The van der Waals surface area contributed by atoms with E-state index in [1.54, 1.807) is 0 Å². The van der Waals surface area contributed by atoms with Gasteiger partial charge in [-0.1, -0.05) is 86.0 Å². The summed E-state index contributed by atoms with van der Waals surface area (Å²) in [5.74, 6) is -0.644. The second kappa shape index (κ2) is 15.3. The predicted octanol–water partition coefficient (Wildman–Crippen LogP) is 10.3. The van der Waals surface area contributed by atoms with Crippen LogP contribution in [-0.2, 0) is 24.5 Å². The van der Waals surface area contributed by atoms with Gasteiger partial charge in [0.2, 0.25) is 0 Å². The maximum absolute atomic E-state index is 14.9. The number of ether oxygens (including phenoxy) is 1. The first kappa shape index (κ1) is 45.7. The van der Waals surface area contributed by atoms with Gasteiger partial charge in [-0.15, -0.1) is 0 Å². The largest absolute Gasteiger partial charge is 0.481 e. The Morgan fingerprint density at radius 2 is 1.50 bits per heavy atom. The van der Waals surface area contributed by atoms with Crippen LogP contribution < -0.4 is 5.32 Å². The first-order valence-corrected chi connectivity index (χ1v) is 24.4. The van der Waals surface area contributed by atoms with Crippen molar-refractivity contribution in [1.29, 1.82) is 0 Å². The summed E-state index contributed by atoms with van der Waals surface area (Å²) in [6.07, 6.45) is 10.3. The van der Waals surface area contributed by atoms with Crippen molar-refractivity contribution in [3.63, 3.8) is 0 Å². The van der Waals surface area contributed by atoms with Crippen LogP contribution in [-0.4, -0.2) is 84.0 Å². The fourth-order valence-corrected chi connectivity index (χ4v) is 15.7. The van der Waals surface area contributed by atoms with Crippen molar-refractivity contribution in [2.24, 2.45) is 62.6 Å². The van der Waals surface area contributed by atoms with Gasteiger partial charge in [0.15, 0.2) is 5.78 Å². The van der Waals surface area contributed by atoms with Crippen LogP contribution in [0.1, 0.15) is 145 Å². The minimum Gasteiger partial charge on any atom is -0.481 e. The van der Waals surface area contributed by atoms with Gasteiger partial charge in [0, 0.05) is 41.9 Å². The summed E-state index contributed by atoms with van der Waals surface area (Å²) in [6, 6.07) is 8.09. The van der Waals surface area contributed by atoms with Crippen molar-refractivity contribution in [1.82, 2.24) is 15.1 Å². The molecule has 8 rings (SSSR count). The number of carboxylic acid groups (broad SMARTS) is 1. The zero-order chi connectivity index (χ0) is 45.2.